The van der Waals surface area contributed by atoms with E-state index in [1.54, 1.807) is 7.11 Å². The summed E-state index contributed by atoms with van der Waals surface area (Å²) in [6.07, 6.45) is 0. The molecule has 152 valence electrons. The molecule has 0 saturated heterocycles. The number of nitrogens with two attached hydrogens (primary N) is 1. The Hall–Kier alpha value is -2.72. The Kier molecular flexibility index (Phi) is 6.99. The van der Waals surface area contributed by atoms with E-state index in [0.717, 1.165) is 27.2 Å². The minimum atomic E-state index is -0.138. The zero-order valence-corrected chi connectivity index (χ0v) is 18.4. The van der Waals surface area contributed by atoms with Crippen molar-refractivity contribution in [3.05, 3.63) is 58.3 Å². The highest BCUT2D eigenvalue weighted by Crippen LogP contribution is 2.21. The first-order valence-electron chi connectivity index (χ1n) is 8.72. The molecule has 0 aliphatic carbocycles. The number of rotatable bonds is 8. The number of ether oxygens (including phenoxy) is 1. The molecule has 0 radical (unpaired) electrons. The Bertz CT molecular complexity index is 993. The van der Waals surface area contributed by atoms with Gasteiger partial charge in [-0.2, -0.15) is 0 Å². The van der Waals surface area contributed by atoms with E-state index in [0.29, 0.717) is 17.5 Å². The lowest BCUT2D eigenvalue weighted by Crippen LogP contribution is -2.18. The molecule has 0 bridgehead atoms. The van der Waals surface area contributed by atoms with Crippen LogP contribution in [0.4, 0.5) is 11.4 Å². The van der Waals surface area contributed by atoms with Crippen LogP contribution in [-0.4, -0.2) is 33.6 Å². The number of carbonyl (C=O) groups is 1. The van der Waals surface area contributed by atoms with Crippen molar-refractivity contribution < 1.29 is 9.53 Å². The second kappa shape index (κ2) is 9.66. The standard InChI is InChI=1S/C19H21BrN6O2S/c1-12-9-13(20)3-8-16(12)23-18(27)11-29-19-25-24-17(26(19)21)10-22-14-4-6-15(28-2)7-5-14/h3-9,22H,10-11,21H2,1-2H3,(H,23,27). The van der Waals surface area contributed by atoms with E-state index in [9.17, 15) is 4.79 Å². The topological polar surface area (TPSA) is 107 Å². The van der Waals surface area contributed by atoms with Gasteiger partial charge in [-0.05, 0) is 55.0 Å². The summed E-state index contributed by atoms with van der Waals surface area (Å²) in [5, 5.41) is 14.7. The van der Waals surface area contributed by atoms with Crippen LogP contribution in [0, 0.1) is 6.92 Å². The number of nitrogens with one attached hydrogen (secondary N) is 2. The molecular formula is C19H21BrN6O2S. The van der Waals surface area contributed by atoms with Crippen molar-refractivity contribution in [2.24, 2.45) is 0 Å². The summed E-state index contributed by atoms with van der Waals surface area (Å²) >= 11 is 4.64. The molecular weight excluding hydrogens is 456 g/mol. The van der Waals surface area contributed by atoms with Gasteiger partial charge in [0.15, 0.2) is 5.82 Å². The highest BCUT2D eigenvalue weighted by Gasteiger charge is 2.13. The quantitative estimate of drug-likeness (QED) is 0.337. The number of benzene rings is 2. The van der Waals surface area contributed by atoms with Gasteiger partial charge in [0, 0.05) is 15.8 Å². The first-order chi connectivity index (χ1) is 14.0. The smallest absolute Gasteiger partial charge is 0.234 e. The molecule has 0 unspecified atom stereocenters. The second-order valence-corrected chi connectivity index (χ2v) is 8.01. The van der Waals surface area contributed by atoms with Gasteiger partial charge in [0.25, 0.3) is 0 Å². The molecule has 0 fully saturated rings. The van der Waals surface area contributed by atoms with Crippen molar-refractivity contribution in [3.8, 4) is 5.75 Å². The number of thioether (sulfide) groups is 1. The van der Waals surface area contributed by atoms with Crippen molar-refractivity contribution in [2.75, 3.05) is 29.3 Å². The summed E-state index contributed by atoms with van der Waals surface area (Å²) in [5.41, 5.74) is 2.66. The molecule has 0 atom stereocenters. The SMILES string of the molecule is COc1ccc(NCc2nnc(SCC(=O)Nc3ccc(Br)cc3C)n2N)cc1. The predicted molar refractivity (Wildman–Crippen MR) is 119 cm³/mol. The van der Waals surface area contributed by atoms with Gasteiger partial charge < -0.3 is 21.2 Å². The molecule has 1 amide bonds. The first kappa shape index (κ1) is 21.0. The number of nitrogens with zero attached hydrogens (tertiary/aromatic N) is 3. The maximum atomic E-state index is 12.2. The number of nitrogen functional groups attached to an aromatic ring is 1. The molecule has 8 nitrogen and oxygen atoms in total. The minimum Gasteiger partial charge on any atom is -0.497 e. The number of methoxy groups -OCH3 is 1. The maximum absolute atomic E-state index is 12.2. The summed E-state index contributed by atoms with van der Waals surface area (Å²) in [4.78, 5) is 12.2. The van der Waals surface area contributed by atoms with Crippen LogP contribution in [0.5, 0.6) is 5.75 Å². The number of carbonyl (C=O) groups excluding carboxylic acids is 1. The summed E-state index contributed by atoms with van der Waals surface area (Å²) < 4.78 is 7.49. The van der Waals surface area contributed by atoms with E-state index in [1.807, 2.05) is 49.4 Å². The summed E-state index contributed by atoms with van der Waals surface area (Å²) in [6, 6.07) is 13.2. The van der Waals surface area contributed by atoms with Crippen LogP contribution in [0.25, 0.3) is 0 Å². The molecule has 1 heterocycles. The Morgan fingerprint density at radius 1 is 1.24 bits per heavy atom. The molecule has 3 rings (SSSR count). The van der Waals surface area contributed by atoms with Crippen molar-refractivity contribution in [1.29, 1.82) is 0 Å². The average molecular weight is 477 g/mol. The van der Waals surface area contributed by atoms with Crippen molar-refractivity contribution >= 4 is 45.0 Å². The van der Waals surface area contributed by atoms with E-state index in [-0.39, 0.29) is 11.7 Å². The predicted octanol–water partition coefficient (Wildman–Crippen LogP) is 3.41. The fourth-order valence-corrected chi connectivity index (χ4v) is 3.65. The summed E-state index contributed by atoms with van der Waals surface area (Å²) in [6.45, 7) is 2.34. The molecule has 29 heavy (non-hydrogen) atoms. The van der Waals surface area contributed by atoms with E-state index < -0.39 is 0 Å². The van der Waals surface area contributed by atoms with Crippen LogP contribution in [0.15, 0.2) is 52.1 Å². The molecule has 1 aromatic heterocycles. The molecule has 0 spiro atoms. The average Bonchev–Trinajstić information content (AvgIpc) is 3.07. The number of amides is 1. The first-order valence-corrected chi connectivity index (χ1v) is 10.5. The van der Waals surface area contributed by atoms with Crippen LogP contribution < -0.4 is 21.2 Å². The summed E-state index contributed by atoms with van der Waals surface area (Å²) in [5.74, 6) is 7.45. The Labute approximate surface area is 181 Å². The second-order valence-electron chi connectivity index (χ2n) is 6.15. The van der Waals surface area contributed by atoms with E-state index in [1.165, 1.54) is 16.4 Å². The molecule has 4 N–H and O–H groups in total. The summed E-state index contributed by atoms with van der Waals surface area (Å²) in [7, 11) is 1.62. The van der Waals surface area contributed by atoms with E-state index in [2.05, 4.69) is 36.8 Å². The Morgan fingerprint density at radius 2 is 2.00 bits per heavy atom. The number of halogens is 1. The van der Waals surface area contributed by atoms with E-state index in [4.69, 9.17) is 10.6 Å². The van der Waals surface area contributed by atoms with Crippen LogP contribution in [0.3, 0.4) is 0 Å². The lowest BCUT2D eigenvalue weighted by molar-refractivity contribution is -0.113. The highest BCUT2D eigenvalue weighted by atomic mass is 79.9. The van der Waals surface area contributed by atoms with Crippen LogP contribution in [0.1, 0.15) is 11.4 Å². The van der Waals surface area contributed by atoms with Crippen LogP contribution in [-0.2, 0) is 11.3 Å². The minimum absolute atomic E-state index is 0.138. The van der Waals surface area contributed by atoms with Crippen molar-refractivity contribution in [3.63, 3.8) is 0 Å². The monoisotopic (exact) mass is 476 g/mol. The van der Waals surface area contributed by atoms with Gasteiger partial charge in [0.1, 0.15) is 5.75 Å². The van der Waals surface area contributed by atoms with E-state index >= 15 is 0 Å². The van der Waals surface area contributed by atoms with Crippen LogP contribution >= 0.6 is 27.7 Å². The molecule has 0 saturated carbocycles. The number of hydrogen-bond donors (Lipinski definition) is 3. The number of aryl methyl sites for hydroxylation is 1. The number of aromatic nitrogens is 3. The Balaban J connectivity index is 1.52. The van der Waals surface area contributed by atoms with Gasteiger partial charge in [0.05, 0.1) is 19.4 Å². The van der Waals surface area contributed by atoms with Crippen molar-refractivity contribution in [1.82, 2.24) is 14.9 Å². The van der Waals surface area contributed by atoms with Gasteiger partial charge in [-0.3, -0.25) is 4.79 Å². The molecule has 10 heteroatoms. The van der Waals surface area contributed by atoms with Gasteiger partial charge in [0.2, 0.25) is 11.1 Å². The molecule has 0 aliphatic heterocycles. The number of anilines is 2. The van der Waals surface area contributed by atoms with Crippen molar-refractivity contribution in [2.45, 2.75) is 18.6 Å². The van der Waals surface area contributed by atoms with Gasteiger partial charge in [-0.25, -0.2) is 4.68 Å². The van der Waals surface area contributed by atoms with Gasteiger partial charge in [-0.15, -0.1) is 10.2 Å². The zero-order chi connectivity index (χ0) is 20.8. The van der Waals surface area contributed by atoms with Crippen LogP contribution in [0.2, 0.25) is 0 Å². The fraction of sp³-hybridized carbons (Fsp3) is 0.211. The lowest BCUT2D eigenvalue weighted by atomic mass is 10.2. The largest absolute Gasteiger partial charge is 0.497 e. The molecule has 3 aromatic rings. The van der Waals surface area contributed by atoms with Gasteiger partial charge >= 0.3 is 0 Å². The third-order valence-corrected chi connectivity index (χ3v) is 5.51. The fourth-order valence-electron chi connectivity index (χ4n) is 2.50. The zero-order valence-electron chi connectivity index (χ0n) is 16.0. The Morgan fingerprint density at radius 3 is 2.69 bits per heavy atom. The number of hydrogen-bond acceptors (Lipinski definition) is 7. The third-order valence-electron chi connectivity index (χ3n) is 4.07. The highest BCUT2D eigenvalue weighted by molar-refractivity contribution is 9.10. The van der Waals surface area contributed by atoms with Gasteiger partial charge in [-0.1, -0.05) is 27.7 Å². The molecule has 2 aromatic carbocycles. The normalized spacial score (nSPS) is 10.6. The lowest BCUT2D eigenvalue weighted by Gasteiger charge is -2.09. The maximum Gasteiger partial charge on any atom is 0.234 e. The third kappa shape index (κ3) is 5.64. The molecule has 0 aliphatic rings.